The maximum absolute atomic E-state index is 13.3. The van der Waals surface area contributed by atoms with E-state index < -0.39 is 22.9 Å². The summed E-state index contributed by atoms with van der Waals surface area (Å²) >= 11 is 9.30. The molecule has 194 valence electrons. The number of amides is 2. The first-order valence-corrected chi connectivity index (χ1v) is 13.2. The Labute approximate surface area is 225 Å². The van der Waals surface area contributed by atoms with E-state index in [9.17, 15) is 18.4 Å². The Balaban J connectivity index is 1.55. The Morgan fingerprint density at radius 1 is 1.03 bits per heavy atom. The molecular weight excluding hydrogens is 541 g/mol. The lowest BCUT2D eigenvalue weighted by Crippen LogP contribution is -2.32. The molecule has 3 aromatic rings. The van der Waals surface area contributed by atoms with E-state index in [0.717, 1.165) is 12.8 Å². The van der Waals surface area contributed by atoms with Crippen molar-refractivity contribution in [3.8, 4) is 5.75 Å². The van der Waals surface area contributed by atoms with Crippen LogP contribution >= 0.6 is 23.4 Å². The van der Waals surface area contributed by atoms with Crippen molar-refractivity contribution in [2.45, 2.75) is 42.7 Å². The van der Waals surface area contributed by atoms with E-state index in [1.165, 1.54) is 42.7 Å². The summed E-state index contributed by atoms with van der Waals surface area (Å²) in [4.78, 5) is 37.1. The van der Waals surface area contributed by atoms with Crippen LogP contribution in [0.5, 0.6) is 5.75 Å². The highest BCUT2D eigenvalue weighted by Gasteiger charge is 2.25. The number of aromatic nitrogens is 2. The Morgan fingerprint density at radius 3 is 2.49 bits per heavy atom. The minimum absolute atomic E-state index is 0.0324. The maximum Gasteiger partial charge on any atom is 0.277 e. The number of pyridine rings is 2. The van der Waals surface area contributed by atoms with Crippen molar-refractivity contribution in [3.63, 3.8) is 0 Å². The van der Waals surface area contributed by atoms with Gasteiger partial charge in [-0.3, -0.25) is 9.59 Å². The number of benzene rings is 1. The van der Waals surface area contributed by atoms with Gasteiger partial charge in [-0.1, -0.05) is 11.6 Å². The lowest BCUT2D eigenvalue weighted by atomic mass is 9.93. The van der Waals surface area contributed by atoms with E-state index in [1.807, 2.05) is 0 Å². The summed E-state index contributed by atoms with van der Waals surface area (Å²) in [5.74, 6) is -0.731. The van der Waals surface area contributed by atoms with Crippen LogP contribution in [0.2, 0.25) is 5.02 Å². The molecule has 0 aliphatic heterocycles. The molecule has 0 bridgehead atoms. The number of nitrogens with one attached hydrogen (secondary N) is 3. The molecule has 0 spiro atoms. The van der Waals surface area contributed by atoms with Crippen molar-refractivity contribution in [1.82, 2.24) is 14.8 Å². The number of anilines is 2. The standard InChI is InChI=1S/C24H23Cl2N5O5S/c25-14-3-10-21(28-13-14)30-24(33)22-19(2-1-11-27-22)29-23(32)18-9-8-17(37(34)35)12-20(18)36-16-6-4-15(31-26)5-7-16/h1-3,8-13,15-16,31H,4-7H2,(H,29,32)(H,34,35)(H,28,30,33). The van der Waals surface area contributed by atoms with E-state index in [0.29, 0.717) is 17.9 Å². The first-order chi connectivity index (χ1) is 17.8. The maximum atomic E-state index is 13.3. The molecule has 1 atom stereocenters. The van der Waals surface area contributed by atoms with Crippen LogP contribution in [0.25, 0.3) is 0 Å². The lowest BCUT2D eigenvalue weighted by molar-refractivity contribution is 0.101. The molecule has 2 aromatic heterocycles. The van der Waals surface area contributed by atoms with Crippen molar-refractivity contribution < 1.29 is 23.1 Å². The van der Waals surface area contributed by atoms with Crippen molar-refractivity contribution in [2.24, 2.45) is 0 Å². The van der Waals surface area contributed by atoms with Crippen molar-refractivity contribution in [2.75, 3.05) is 10.6 Å². The number of carbonyl (C=O) groups is 2. The first-order valence-electron chi connectivity index (χ1n) is 11.3. The monoisotopic (exact) mass is 563 g/mol. The zero-order valence-electron chi connectivity index (χ0n) is 19.3. The molecule has 2 amide bonds. The van der Waals surface area contributed by atoms with Gasteiger partial charge in [-0.25, -0.2) is 19.0 Å². The van der Waals surface area contributed by atoms with Crippen LogP contribution in [-0.4, -0.2) is 42.7 Å². The Morgan fingerprint density at radius 2 is 1.81 bits per heavy atom. The van der Waals surface area contributed by atoms with Gasteiger partial charge in [0.2, 0.25) is 0 Å². The molecule has 0 radical (unpaired) electrons. The topological polar surface area (TPSA) is 143 Å². The van der Waals surface area contributed by atoms with Gasteiger partial charge in [-0.2, -0.15) is 0 Å². The number of hydrogen-bond acceptors (Lipinski definition) is 7. The second-order valence-electron chi connectivity index (χ2n) is 8.28. The molecule has 1 aliphatic rings. The second kappa shape index (κ2) is 12.4. The number of rotatable bonds is 8. The molecule has 1 aliphatic carbocycles. The van der Waals surface area contributed by atoms with Crippen molar-refractivity contribution >= 4 is 57.8 Å². The number of hydrogen-bond donors (Lipinski definition) is 4. The summed E-state index contributed by atoms with van der Waals surface area (Å²) in [5, 5.41) is 5.72. The molecule has 10 nitrogen and oxygen atoms in total. The highest BCUT2D eigenvalue weighted by atomic mass is 35.5. The fraction of sp³-hybridized carbons (Fsp3) is 0.250. The molecule has 0 saturated heterocycles. The number of ether oxygens (including phenoxy) is 1. The third-order valence-electron chi connectivity index (χ3n) is 5.76. The van der Waals surface area contributed by atoms with E-state index in [-0.39, 0.29) is 45.6 Å². The average molecular weight is 564 g/mol. The molecule has 4 rings (SSSR count). The third kappa shape index (κ3) is 7.02. The smallest absolute Gasteiger partial charge is 0.277 e. The zero-order valence-corrected chi connectivity index (χ0v) is 21.6. The predicted octanol–water partition coefficient (Wildman–Crippen LogP) is 4.65. The normalized spacial score (nSPS) is 18.0. The Hall–Kier alpha value is -3.09. The fourth-order valence-corrected chi connectivity index (χ4v) is 4.59. The minimum atomic E-state index is -2.26. The van der Waals surface area contributed by atoms with Crippen LogP contribution < -0.4 is 20.2 Å². The van der Waals surface area contributed by atoms with Gasteiger partial charge >= 0.3 is 0 Å². The quantitative estimate of drug-likeness (QED) is 0.229. The molecule has 1 aromatic carbocycles. The van der Waals surface area contributed by atoms with Crippen LogP contribution in [0.3, 0.4) is 0 Å². The highest BCUT2D eigenvalue weighted by Crippen LogP contribution is 2.29. The summed E-state index contributed by atoms with van der Waals surface area (Å²) in [7, 11) is 0. The van der Waals surface area contributed by atoms with Gasteiger partial charge in [-0.05, 0) is 79.9 Å². The van der Waals surface area contributed by atoms with E-state index in [1.54, 1.807) is 12.1 Å². The average Bonchev–Trinajstić information content (AvgIpc) is 2.90. The van der Waals surface area contributed by atoms with E-state index in [4.69, 9.17) is 28.1 Å². The summed E-state index contributed by atoms with van der Waals surface area (Å²) in [6, 6.07) is 10.6. The van der Waals surface area contributed by atoms with Gasteiger partial charge < -0.3 is 19.9 Å². The first kappa shape index (κ1) is 27.0. The third-order valence-corrected chi connectivity index (χ3v) is 6.95. The molecule has 2 heterocycles. The Bertz CT molecular complexity index is 1300. The SMILES string of the molecule is O=C(Nc1cccnc1C(=O)Nc1ccc(Cl)cn1)c1ccc(S(=O)O)cc1OC1CCC(NCl)CC1. The lowest BCUT2D eigenvalue weighted by Gasteiger charge is -2.28. The molecular formula is C24H23Cl2N5O5S. The van der Waals surface area contributed by atoms with E-state index >= 15 is 0 Å². The van der Waals surface area contributed by atoms with Gasteiger partial charge in [0.05, 0.1) is 27.3 Å². The van der Waals surface area contributed by atoms with E-state index in [2.05, 4.69) is 25.4 Å². The summed E-state index contributed by atoms with van der Waals surface area (Å²) in [6.45, 7) is 0. The molecule has 1 saturated carbocycles. The van der Waals surface area contributed by atoms with Crippen LogP contribution in [0.15, 0.2) is 59.8 Å². The minimum Gasteiger partial charge on any atom is -0.490 e. The molecule has 4 N–H and O–H groups in total. The van der Waals surface area contributed by atoms with Gasteiger partial charge in [-0.15, -0.1) is 0 Å². The van der Waals surface area contributed by atoms with Crippen LogP contribution in [-0.2, 0) is 11.1 Å². The van der Waals surface area contributed by atoms with Gasteiger partial charge in [0.1, 0.15) is 11.6 Å². The summed E-state index contributed by atoms with van der Waals surface area (Å²) in [5.41, 5.74) is 0.268. The highest BCUT2D eigenvalue weighted by molar-refractivity contribution is 7.79. The zero-order chi connectivity index (χ0) is 26.4. The number of nitrogens with zero attached hydrogens (tertiary/aromatic N) is 2. The van der Waals surface area contributed by atoms with Gasteiger partial charge in [0.15, 0.2) is 16.8 Å². The molecule has 1 fully saturated rings. The number of carbonyl (C=O) groups excluding carboxylic acids is 2. The largest absolute Gasteiger partial charge is 0.490 e. The predicted molar refractivity (Wildman–Crippen MR) is 141 cm³/mol. The fourth-order valence-electron chi connectivity index (χ4n) is 3.87. The van der Waals surface area contributed by atoms with Gasteiger partial charge in [0, 0.05) is 18.4 Å². The molecule has 37 heavy (non-hydrogen) atoms. The molecule has 1 unspecified atom stereocenters. The van der Waals surface area contributed by atoms with Crippen LogP contribution in [0.4, 0.5) is 11.5 Å². The van der Waals surface area contributed by atoms with Crippen molar-refractivity contribution in [3.05, 3.63) is 71.1 Å². The van der Waals surface area contributed by atoms with Crippen LogP contribution in [0.1, 0.15) is 46.5 Å². The molecule has 13 heteroatoms. The summed E-state index contributed by atoms with van der Waals surface area (Å²) in [6.07, 6.45) is 5.60. The van der Waals surface area contributed by atoms with Gasteiger partial charge in [0.25, 0.3) is 11.8 Å². The van der Waals surface area contributed by atoms with Crippen molar-refractivity contribution in [1.29, 1.82) is 0 Å². The summed E-state index contributed by atoms with van der Waals surface area (Å²) < 4.78 is 27.3. The Kier molecular flexibility index (Phi) is 9.06. The number of halogens is 2. The second-order valence-corrected chi connectivity index (χ2v) is 9.90. The van der Waals surface area contributed by atoms with Crippen LogP contribution in [0, 0.1) is 0 Å².